The van der Waals surface area contributed by atoms with Crippen molar-refractivity contribution in [3.05, 3.63) is 0 Å². The molecule has 18 heavy (non-hydrogen) atoms. The predicted molar refractivity (Wildman–Crippen MR) is 83.3 cm³/mol. The van der Waals surface area contributed by atoms with E-state index in [1.807, 2.05) is 0 Å². The monoisotopic (exact) mass is 269 g/mol. The van der Waals surface area contributed by atoms with E-state index in [4.69, 9.17) is 0 Å². The van der Waals surface area contributed by atoms with Gasteiger partial charge in [0, 0.05) is 17.8 Å². The SMILES string of the molecule is CC(C)CC1(CNC2CCCSC2C)CCCC1. The number of rotatable bonds is 5. The lowest BCUT2D eigenvalue weighted by molar-refractivity contribution is 0.212. The first-order valence-corrected chi connectivity index (χ1v) is 9.01. The summed E-state index contributed by atoms with van der Waals surface area (Å²) in [6.45, 7) is 8.46. The molecule has 0 bridgehead atoms. The molecule has 0 amide bonds. The van der Waals surface area contributed by atoms with Crippen LogP contribution in [0.5, 0.6) is 0 Å². The summed E-state index contributed by atoms with van der Waals surface area (Å²) in [6.07, 6.45) is 10.1. The Hall–Kier alpha value is 0.310. The highest BCUT2D eigenvalue weighted by Crippen LogP contribution is 2.43. The van der Waals surface area contributed by atoms with Gasteiger partial charge in [-0.3, -0.25) is 0 Å². The number of hydrogen-bond acceptors (Lipinski definition) is 2. The first-order valence-electron chi connectivity index (χ1n) is 7.96. The second-order valence-corrected chi connectivity index (χ2v) is 8.50. The highest BCUT2D eigenvalue weighted by molar-refractivity contribution is 7.99. The molecule has 1 N–H and O–H groups in total. The van der Waals surface area contributed by atoms with Gasteiger partial charge in [-0.2, -0.15) is 11.8 Å². The quantitative estimate of drug-likeness (QED) is 0.790. The second kappa shape index (κ2) is 6.65. The Morgan fingerprint density at radius 1 is 1.22 bits per heavy atom. The molecule has 1 aliphatic heterocycles. The van der Waals surface area contributed by atoms with Crippen LogP contribution in [-0.4, -0.2) is 23.6 Å². The number of thioether (sulfide) groups is 1. The molecule has 0 aromatic carbocycles. The van der Waals surface area contributed by atoms with Crippen LogP contribution in [-0.2, 0) is 0 Å². The maximum absolute atomic E-state index is 3.94. The third-order valence-corrected chi connectivity index (χ3v) is 6.23. The summed E-state index contributed by atoms with van der Waals surface area (Å²) in [7, 11) is 0. The van der Waals surface area contributed by atoms with E-state index in [-0.39, 0.29) is 0 Å². The maximum atomic E-state index is 3.94. The van der Waals surface area contributed by atoms with Gasteiger partial charge in [-0.15, -0.1) is 0 Å². The lowest BCUT2D eigenvalue weighted by Gasteiger charge is -2.36. The zero-order valence-electron chi connectivity index (χ0n) is 12.5. The van der Waals surface area contributed by atoms with Crippen molar-refractivity contribution in [2.75, 3.05) is 12.3 Å². The summed E-state index contributed by atoms with van der Waals surface area (Å²) in [5.41, 5.74) is 0.635. The molecule has 1 aliphatic carbocycles. The van der Waals surface area contributed by atoms with Gasteiger partial charge < -0.3 is 5.32 Å². The molecule has 2 atom stereocenters. The van der Waals surface area contributed by atoms with Gasteiger partial charge in [0.05, 0.1) is 0 Å². The molecular formula is C16H31NS. The Bertz CT molecular complexity index is 245. The van der Waals surface area contributed by atoms with E-state index in [0.29, 0.717) is 5.41 Å². The van der Waals surface area contributed by atoms with Gasteiger partial charge in [-0.05, 0) is 49.2 Å². The van der Waals surface area contributed by atoms with Crippen molar-refractivity contribution in [2.24, 2.45) is 11.3 Å². The molecule has 0 aromatic rings. The molecule has 2 aliphatic rings. The fraction of sp³-hybridized carbons (Fsp3) is 1.00. The fourth-order valence-electron chi connectivity index (χ4n) is 3.98. The normalized spacial score (nSPS) is 32.0. The van der Waals surface area contributed by atoms with Gasteiger partial charge in [0.15, 0.2) is 0 Å². The topological polar surface area (TPSA) is 12.0 Å². The summed E-state index contributed by atoms with van der Waals surface area (Å²) in [5.74, 6) is 2.22. The largest absolute Gasteiger partial charge is 0.312 e. The van der Waals surface area contributed by atoms with Crippen LogP contribution in [0.15, 0.2) is 0 Å². The Kier molecular flexibility index (Phi) is 5.44. The molecule has 0 radical (unpaired) electrons. The first-order chi connectivity index (χ1) is 8.61. The van der Waals surface area contributed by atoms with Crippen molar-refractivity contribution in [1.82, 2.24) is 5.32 Å². The van der Waals surface area contributed by atoms with Gasteiger partial charge >= 0.3 is 0 Å². The lowest BCUT2D eigenvalue weighted by atomic mass is 9.78. The van der Waals surface area contributed by atoms with Crippen LogP contribution >= 0.6 is 11.8 Å². The van der Waals surface area contributed by atoms with Crippen LogP contribution in [0.1, 0.15) is 65.7 Å². The third-order valence-electron chi connectivity index (χ3n) is 4.85. The van der Waals surface area contributed by atoms with Crippen LogP contribution < -0.4 is 5.32 Å². The molecule has 1 heterocycles. The van der Waals surface area contributed by atoms with E-state index in [9.17, 15) is 0 Å². The van der Waals surface area contributed by atoms with Crippen molar-refractivity contribution in [3.8, 4) is 0 Å². The molecule has 2 unspecified atom stereocenters. The van der Waals surface area contributed by atoms with Crippen LogP contribution in [0.4, 0.5) is 0 Å². The third kappa shape index (κ3) is 3.90. The number of hydrogen-bond donors (Lipinski definition) is 1. The van der Waals surface area contributed by atoms with Crippen molar-refractivity contribution in [2.45, 2.75) is 77.0 Å². The van der Waals surface area contributed by atoms with Crippen molar-refractivity contribution < 1.29 is 0 Å². The van der Waals surface area contributed by atoms with Crippen LogP contribution in [0, 0.1) is 11.3 Å². The first kappa shape index (κ1) is 14.7. The van der Waals surface area contributed by atoms with E-state index in [2.05, 4.69) is 37.8 Å². The predicted octanol–water partition coefficient (Wildman–Crippen LogP) is 4.47. The lowest BCUT2D eigenvalue weighted by Crippen LogP contribution is -2.44. The Balaban J connectivity index is 1.85. The number of nitrogens with one attached hydrogen (secondary N) is 1. The summed E-state index contributed by atoms with van der Waals surface area (Å²) >= 11 is 2.16. The molecule has 2 fully saturated rings. The molecule has 0 spiro atoms. The Morgan fingerprint density at radius 3 is 2.56 bits per heavy atom. The minimum Gasteiger partial charge on any atom is -0.312 e. The Morgan fingerprint density at radius 2 is 1.94 bits per heavy atom. The van der Waals surface area contributed by atoms with E-state index in [1.165, 1.54) is 57.2 Å². The van der Waals surface area contributed by atoms with Gasteiger partial charge in [-0.1, -0.05) is 33.6 Å². The molecule has 2 heteroatoms. The summed E-state index contributed by atoms with van der Waals surface area (Å²) in [4.78, 5) is 0. The summed E-state index contributed by atoms with van der Waals surface area (Å²) < 4.78 is 0. The van der Waals surface area contributed by atoms with Crippen LogP contribution in [0.2, 0.25) is 0 Å². The molecule has 1 saturated heterocycles. The van der Waals surface area contributed by atoms with Gasteiger partial charge in [0.1, 0.15) is 0 Å². The molecule has 2 rings (SSSR count). The molecular weight excluding hydrogens is 238 g/mol. The highest BCUT2D eigenvalue weighted by atomic mass is 32.2. The van der Waals surface area contributed by atoms with Crippen molar-refractivity contribution in [1.29, 1.82) is 0 Å². The average Bonchev–Trinajstić information content (AvgIpc) is 2.76. The smallest absolute Gasteiger partial charge is 0.0184 e. The molecule has 106 valence electrons. The van der Waals surface area contributed by atoms with E-state index in [1.54, 1.807) is 0 Å². The van der Waals surface area contributed by atoms with Crippen LogP contribution in [0.25, 0.3) is 0 Å². The van der Waals surface area contributed by atoms with Gasteiger partial charge in [0.2, 0.25) is 0 Å². The Labute approximate surface area is 118 Å². The zero-order chi connectivity index (χ0) is 13.0. The van der Waals surface area contributed by atoms with Crippen molar-refractivity contribution >= 4 is 11.8 Å². The zero-order valence-corrected chi connectivity index (χ0v) is 13.3. The molecule has 0 aromatic heterocycles. The standard InChI is InChI=1S/C16H31NS/c1-13(2)11-16(8-4-5-9-16)12-17-15-7-6-10-18-14(15)3/h13-15,17H,4-12H2,1-3H3. The van der Waals surface area contributed by atoms with E-state index < -0.39 is 0 Å². The average molecular weight is 269 g/mol. The fourth-order valence-corrected chi connectivity index (χ4v) is 5.15. The van der Waals surface area contributed by atoms with Crippen molar-refractivity contribution in [3.63, 3.8) is 0 Å². The minimum absolute atomic E-state index is 0.635. The highest BCUT2D eigenvalue weighted by Gasteiger charge is 2.35. The maximum Gasteiger partial charge on any atom is 0.0184 e. The van der Waals surface area contributed by atoms with Crippen LogP contribution in [0.3, 0.4) is 0 Å². The molecule has 1 nitrogen and oxygen atoms in total. The minimum atomic E-state index is 0.635. The second-order valence-electron chi connectivity index (χ2n) is 7.01. The summed E-state index contributed by atoms with van der Waals surface area (Å²) in [5, 5.41) is 4.75. The summed E-state index contributed by atoms with van der Waals surface area (Å²) in [6, 6.07) is 0.772. The van der Waals surface area contributed by atoms with E-state index >= 15 is 0 Å². The van der Waals surface area contributed by atoms with E-state index in [0.717, 1.165) is 17.2 Å². The molecule has 1 saturated carbocycles. The van der Waals surface area contributed by atoms with Gasteiger partial charge in [0.25, 0.3) is 0 Å². The van der Waals surface area contributed by atoms with Gasteiger partial charge in [-0.25, -0.2) is 0 Å².